The normalized spacial score (nSPS) is 19.9. The third kappa shape index (κ3) is 5.19. The van der Waals surface area contributed by atoms with Gasteiger partial charge in [0.1, 0.15) is 5.01 Å². The highest BCUT2D eigenvalue weighted by molar-refractivity contribution is 7.15. The van der Waals surface area contributed by atoms with Crippen LogP contribution >= 0.6 is 22.9 Å². The Kier molecular flexibility index (Phi) is 6.68. The fourth-order valence-electron chi connectivity index (χ4n) is 3.66. The van der Waals surface area contributed by atoms with Crippen LogP contribution in [0, 0.1) is 5.92 Å². The summed E-state index contributed by atoms with van der Waals surface area (Å²) in [6, 6.07) is 1.79. The van der Waals surface area contributed by atoms with Gasteiger partial charge in [-0.1, -0.05) is 29.9 Å². The van der Waals surface area contributed by atoms with Gasteiger partial charge in [0.05, 0.1) is 16.1 Å². The molecule has 1 aliphatic rings. The lowest BCUT2D eigenvalue weighted by Crippen LogP contribution is -2.22. The number of aromatic nitrogens is 2. The highest BCUT2D eigenvalue weighted by Crippen LogP contribution is 2.42. The van der Waals surface area contributed by atoms with Crippen molar-refractivity contribution < 1.29 is 18.0 Å². The summed E-state index contributed by atoms with van der Waals surface area (Å²) in [7, 11) is 0. The molecule has 1 saturated carbocycles. The van der Waals surface area contributed by atoms with Crippen LogP contribution in [0.4, 0.5) is 18.3 Å². The number of rotatable bonds is 6. The molecule has 0 spiro atoms. The number of nitrogens with one attached hydrogen (secondary N) is 1. The molecule has 1 aromatic heterocycles. The molecule has 1 aromatic carbocycles. The molecule has 10 heteroatoms. The number of alkyl halides is 3. The van der Waals surface area contributed by atoms with Crippen LogP contribution in [0.3, 0.4) is 0 Å². The van der Waals surface area contributed by atoms with E-state index in [0.29, 0.717) is 24.3 Å². The standard InChI is InChI=1S/C19H22ClF3N4OS/c1-2-15-26-27-18(29-15)25-9-10-3-5-11(6-4-10)13-7-12(19(21,22)23)8-14(16(13)20)17(24)28/h7-8,10-11H,2-6,9H2,1H3,(H2,24,28)(H,25,27). The van der Waals surface area contributed by atoms with Crippen molar-refractivity contribution >= 4 is 34.0 Å². The highest BCUT2D eigenvalue weighted by atomic mass is 35.5. The lowest BCUT2D eigenvalue weighted by Gasteiger charge is -2.30. The largest absolute Gasteiger partial charge is 0.416 e. The van der Waals surface area contributed by atoms with Gasteiger partial charge in [-0.05, 0) is 61.6 Å². The summed E-state index contributed by atoms with van der Waals surface area (Å²) in [4.78, 5) is 11.6. The smallest absolute Gasteiger partial charge is 0.366 e. The number of nitrogens with two attached hydrogens (primary N) is 1. The van der Waals surface area contributed by atoms with E-state index in [1.54, 1.807) is 0 Å². The number of halogens is 4. The van der Waals surface area contributed by atoms with Gasteiger partial charge in [0, 0.05) is 6.54 Å². The first-order valence-corrected chi connectivity index (χ1v) is 10.6. The minimum atomic E-state index is -4.57. The summed E-state index contributed by atoms with van der Waals surface area (Å²) in [6.45, 7) is 2.77. The Morgan fingerprint density at radius 2 is 1.97 bits per heavy atom. The van der Waals surface area contributed by atoms with E-state index in [0.717, 1.165) is 48.1 Å². The molecule has 0 radical (unpaired) electrons. The summed E-state index contributed by atoms with van der Waals surface area (Å²) in [5, 5.41) is 13.3. The monoisotopic (exact) mass is 446 g/mol. The molecule has 1 amide bonds. The van der Waals surface area contributed by atoms with Crippen molar-refractivity contribution in [3.8, 4) is 0 Å². The summed E-state index contributed by atoms with van der Waals surface area (Å²) in [5.41, 5.74) is 4.44. The number of carbonyl (C=O) groups excluding carboxylic acids is 1. The van der Waals surface area contributed by atoms with E-state index in [2.05, 4.69) is 15.5 Å². The topological polar surface area (TPSA) is 80.9 Å². The molecule has 158 valence electrons. The van der Waals surface area contributed by atoms with Crippen molar-refractivity contribution in [2.24, 2.45) is 11.7 Å². The third-order valence-corrected chi connectivity index (χ3v) is 6.74. The lowest BCUT2D eigenvalue weighted by atomic mass is 9.78. The molecule has 0 bridgehead atoms. The highest BCUT2D eigenvalue weighted by Gasteiger charge is 2.34. The molecule has 5 nitrogen and oxygen atoms in total. The molecule has 1 fully saturated rings. The fraction of sp³-hybridized carbons (Fsp3) is 0.526. The van der Waals surface area contributed by atoms with Crippen LogP contribution in [0.2, 0.25) is 5.02 Å². The molecule has 3 rings (SSSR count). The predicted octanol–water partition coefficient (Wildman–Crippen LogP) is 5.26. The maximum Gasteiger partial charge on any atom is 0.416 e. The fourth-order valence-corrected chi connectivity index (χ4v) is 4.71. The zero-order chi connectivity index (χ0) is 21.2. The van der Waals surface area contributed by atoms with E-state index in [9.17, 15) is 18.0 Å². The van der Waals surface area contributed by atoms with Crippen molar-refractivity contribution in [2.45, 2.75) is 51.1 Å². The lowest BCUT2D eigenvalue weighted by molar-refractivity contribution is -0.137. The minimum Gasteiger partial charge on any atom is -0.366 e. The van der Waals surface area contributed by atoms with Crippen molar-refractivity contribution in [1.82, 2.24) is 10.2 Å². The molecule has 2 aromatic rings. The van der Waals surface area contributed by atoms with Crippen LogP contribution in [-0.4, -0.2) is 22.6 Å². The number of benzene rings is 1. The molecule has 3 N–H and O–H groups in total. The van der Waals surface area contributed by atoms with Crippen LogP contribution < -0.4 is 11.1 Å². The Labute approximate surface area is 175 Å². The Balaban J connectivity index is 1.68. The minimum absolute atomic E-state index is 0.0352. The van der Waals surface area contributed by atoms with E-state index >= 15 is 0 Å². The Bertz CT molecular complexity index is 879. The van der Waals surface area contributed by atoms with Crippen LogP contribution in [0.5, 0.6) is 0 Å². The van der Waals surface area contributed by atoms with Crippen LogP contribution in [-0.2, 0) is 12.6 Å². The Morgan fingerprint density at radius 3 is 2.52 bits per heavy atom. The number of aryl methyl sites for hydroxylation is 1. The van der Waals surface area contributed by atoms with E-state index < -0.39 is 17.6 Å². The van der Waals surface area contributed by atoms with E-state index in [4.69, 9.17) is 17.3 Å². The second-order valence-corrected chi connectivity index (χ2v) is 8.68. The zero-order valence-corrected chi connectivity index (χ0v) is 17.4. The summed E-state index contributed by atoms with van der Waals surface area (Å²) >= 11 is 7.79. The van der Waals surface area contributed by atoms with Gasteiger partial charge in [-0.25, -0.2) is 0 Å². The molecule has 29 heavy (non-hydrogen) atoms. The quantitative estimate of drug-likeness (QED) is 0.634. The van der Waals surface area contributed by atoms with E-state index in [1.807, 2.05) is 6.92 Å². The van der Waals surface area contributed by atoms with Gasteiger partial charge in [0.25, 0.3) is 0 Å². The van der Waals surface area contributed by atoms with E-state index in [1.165, 1.54) is 11.3 Å². The third-order valence-electron chi connectivity index (χ3n) is 5.29. The maximum atomic E-state index is 13.2. The molecule has 0 saturated heterocycles. The van der Waals surface area contributed by atoms with Gasteiger partial charge in [0.15, 0.2) is 0 Å². The van der Waals surface area contributed by atoms with Crippen LogP contribution in [0.1, 0.15) is 65.0 Å². The molecular weight excluding hydrogens is 425 g/mol. The molecular formula is C19H22ClF3N4OS. The predicted molar refractivity (Wildman–Crippen MR) is 107 cm³/mol. The number of nitrogens with zero attached hydrogens (tertiary/aromatic N) is 2. The van der Waals surface area contributed by atoms with Gasteiger partial charge in [-0.3, -0.25) is 4.79 Å². The Morgan fingerprint density at radius 1 is 1.28 bits per heavy atom. The van der Waals surface area contributed by atoms with Gasteiger partial charge in [0.2, 0.25) is 11.0 Å². The molecule has 1 aliphatic carbocycles. The van der Waals surface area contributed by atoms with Crippen molar-refractivity contribution in [3.05, 3.63) is 38.9 Å². The first kappa shape index (κ1) is 21.8. The van der Waals surface area contributed by atoms with Gasteiger partial charge < -0.3 is 11.1 Å². The van der Waals surface area contributed by atoms with Gasteiger partial charge >= 0.3 is 6.18 Å². The summed E-state index contributed by atoms with van der Waals surface area (Å²) < 4.78 is 39.7. The van der Waals surface area contributed by atoms with Crippen LogP contribution in [0.25, 0.3) is 0 Å². The number of amides is 1. The average molecular weight is 447 g/mol. The number of hydrogen-bond donors (Lipinski definition) is 2. The second kappa shape index (κ2) is 8.87. The van der Waals surface area contributed by atoms with Crippen molar-refractivity contribution in [3.63, 3.8) is 0 Å². The first-order chi connectivity index (χ1) is 13.7. The number of carbonyl (C=O) groups is 1. The Hall–Kier alpha value is -1.87. The number of primary amides is 1. The van der Waals surface area contributed by atoms with Crippen LogP contribution in [0.15, 0.2) is 12.1 Å². The summed E-state index contributed by atoms with van der Waals surface area (Å²) in [5.74, 6) is -0.698. The molecule has 1 heterocycles. The number of anilines is 1. The van der Waals surface area contributed by atoms with Crippen molar-refractivity contribution in [1.29, 1.82) is 0 Å². The zero-order valence-electron chi connectivity index (χ0n) is 15.9. The average Bonchev–Trinajstić information content (AvgIpc) is 3.14. The van der Waals surface area contributed by atoms with E-state index in [-0.39, 0.29) is 16.5 Å². The molecule has 0 atom stereocenters. The SMILES string of the molecule is CCc1nnc(NCC2CCC(c3cc(C(F)(F)F)cc(C(N)=O)c3Cl)CC2)s1. The first-order valence-electron chi connectivity index (χ1n) is 9.45. The number of hydrogen-bond acceptors (Lipinski definition) is 5. The van der Waals surface area contributed by atoms with Gasteiger partial charge in [-0.2, -0.15) is 13.2 Å². The maximum absolute atomic E-state index is 13.2. The second-order valence-electron chi connectivity index (χ2n) is 7.24. The molecule has 0 aliphatic heterocycles. The summed E-state index contributed by atoms with van der Waals surface area (Å²) in [6.07, 6.45) is -0.645. The molecule has 0 unspecified atom stereocenters. The van der Waals surface area contributed by atoms with Gasteiger partial charge in [-0.15, -0.1) is 10.2 Å². The van der Waals surface area contributed by atoms with Crippen molar-refractivity contribution in [2.75, 3.05) is 11.9 Å².